The van der Waals surface area contributed by atoms with Crippen molar-refractivity contribution in [1.82, 2.24) is 4.31 Å². The summed E-state index contributed by atoms with van der Waals surface area (Å²) >= 11 is 0. The summed E-state index contributed by atoms with van der Waals surface area (Å²) in [6.45, 7) is -0.899. The molecule has 1 aromatic carbocycles. The average molecular weight is 259 g/mol. The lowest BCUT2D eigenvalue weighted by molar-refractivity contribution is 0.0714. The molecule has 1 rings (SSSR count). The molecule has 92 valence electrons. The molecule has 0 saturated heterocycles. The van der Waals surface area contributed by atoms with Crippen LogP contribution in [-0.4, -0.2) is 30.9 Å². The molecule has 1 N–H and O–H groups in total. The third kappa shape index (κ3) is 2.90. The summed E-state index contributed by atoms with van der Waals surface area (Å²) in [4.78, 5) is 20.1. The van der Waals surface area contributed by atoms with Gasteiger partial charge in [-0.15, -0.1) is 14.1 Å². The van der Waals surface area contributed by atoms with Gasteiger partial charge in [-0.1, -0.05) is 23.4 Å². The highest BCUT2D eigenvalue weighted by Gasteiger charge is 2.31. The minimum absolute atomic E-state index is 0.175. The molecule has 0 amide bonds. The molecule has 0 aliphatic heterocycles. The molecule has 0 spiro atoms. The average Bonchev–Trinajstić information content (AvgIpc) is 2.36. The van der Waals surface area contributed by atoms with Crippen LogP contribution in [-0.2, 0) is 10.0 Å². The number of nitrogens with zero attached hydrogens (tertiary/aromatic N) is 3. The quantitative estimate of drug-likeness (QED) is 0.587. The lowest BCUT2D eigenvalue weighted by Gasteiger charge is -2.19. The van der Waals surface area contributed by atoms with Gasteiger partial charge in [0.2, 0.25) is 10.0 Å². The molecule has 17 heavy (non-hydrogen) atoms. The van der Waals surface area contributed by atoms with Crippen molar-refractivity contribution >= 4 is 10.0 Å². The number of benzene rings is 1. The first-order valence-corrected chi connectivity index (χ1v) is 5.84. The predicted octanol–water partition coefficient (Wildman–Crippen LogP) is 0.444. The van der Waals surface area contributed by atoms with E-state index in [0.717, 1.165) is 0 Å². The maximum atomic E-state index is 11.9. The summed E-state index contributed by atoms with van der Waals surface area (Å²) in [6.07, 6.45) is -2.18. The molecule has 0 aliphatic carbocycles. The zero-order chi connectivity index (χ0) is 12.9. The normalized spacial score (nSPS) is 13.3. The van der Waals surface area contributed by atoms with Crippen LogP contribution in [0.3, 0.4) is 0 Å². The van der Waals surface area contributed by atoms with Crippen LogP contribution in [0.4, 0.5) is 0 Å². The van der Waals surface area contributed by atoms with Crippen molar-refractivity contribution < 1.29 is 13.5 Å². The van der Waals surface area contributed by atoms with Gasteiger partial charge in [0.05, 0.1) is 4.90 Å². The van der Waals surface area contributed by atoms with Crippen LogP contribution in [0.1, 0.15) is 0 Å². The predicted molar refractivity (Wildman–Crippen MR) is 57.9 cm³/mol. The van der Waals surface area contributed by atoms with Crippen LogP contribution in [0, 0.1) is 9.81 Å². The van der Waals surface area contributed by atoms with Crippen LogP contribution in [0.25, 0.3) is 0 Å². The minimum Gasteiger partial charge on any atom is -0.356 e. The summed E-state index contributed by atoms with van der Waals surface area (Å²) in [5, 5.41) is 13.6. The van der Waals surface area contributed by atoms with Gasteiger partial charge in [0.1, 0.15) is 0 Å². The number of rotatable bonds is 6. The number of aliphatic hydroxyl groups is 1. The zero-order valence-corrected chi connectivity index (χ0v) is 9.32. The van der Waals surface area contributed by atoms with E-state index >= 15 is 0 Å². The van der Waals surface area contributed by atoms with E-state index in [1.807, 2.05) is 0 Å². The molecule has 0 radical (unpaired) electrons. The van der Waals surface area contributed by atoms with Crippen LogP contribution in [0.15, 0.2) is 45.6 Å². The van der Waals surface area contributed by atoms with Gasteiger partial charge >= 0.3 is 0 Å². The molecule has 1 aromatic rings. The fourth-order valence-corrected chi connectivity index (χ4v) is 2.37. The van der Waals surface area contributed by atoms with Crippen molar-refractivity contribution in [2.24, 2.45) is 10.4 Å². The van der Waals surface area contributed by atoms with E-state index in [2.05, 4.69) is 10.4 Å². The summed E-state index contributed by atoms with van der Waals surface area (Å²) in [7, 11) is -4.18. The van der Waals surface area contributed by atoms with E-state index in [1.54, 1.807) is 6.07 Å². The first-order valence-electron chi connectivity index (χ1n) is 4.40. The maximum Gasteiger partial charge on any atom is 0.260 e. The smallest absolute Gasteiger partial charge is 0.260 e. The highest BCUT2D eigenvalue weighted by Crippen LogP contribution is 2.17. The molecule has 1 atom stereocenters. The molecular formula is C8H9N3O5S. The Morgan fingerprint density at radius 3 is 2.29 bits per heavy atom. The lowest BCUT2D eigenvalue weighted by Crippen LogP contribution is -2.39. The van der Waals surface area contributed by atoms with Gasteiger partial charge in [0.15, 0.2) is 6.67 Å². The fourth-order valence-electron chi connectivity index (χ4n) is 1.11. The van der Waals surface area contributed by atoms with Gasteiger partial charge in [-0.3, -0.25) is 0 Å². The Morgan fingerprint density at radius 1 is 1.24 bits per heavy atom. The van der Waals surface area contributed by atoms with Crippen LogP contribution in [0.5, 0.6) is 0 Å². The van der Waals surface area contributed by atoms with Crippen LogP contribution >= 0.6 is 0 Å². The topological polar surface area (TPSA) is 116 Å². The Morgan fingerprint density at radius 2 is 1.82 bits per heavy atom. The SMILES string of the molecule is O=NCN(C(O)N=O)S(=O)(=O)c1ccccc1. The number of hydrogen-bond donors (Lipinski definition) is 1. The van der Waals surface area contributed by atoms with Gasteiger partial charge in [-0.05, 0) is 17.3 Å². The molecule has 9 heteroatoms. The van der Waals surface area contributed by atoms with E-state index in [-0.39, 0.29) is 9.20 Å². The summed E-state index contributed by atoms with van der Waals surface area (Å²) in [6, 6.07) is 7.02. The van der Waals surface area contributed by atoms with Crippen molar-refractivity contribution in [3.05, 3.63) is 40.1 Å². The monoisotopic (exact) mass is 259 g/mol. The van der Waals surface area contributed by atoms with E-state index in [1.165, 1.54) is 24.3 Å². The molecule has 0 fully saturated rings. The van der Waals surface area contributed by atoms with Crippen molar-refractivity contribution in [2.75, 3.05) is 6.67 Å². The Hall–Kier alpha value is -1.71. The van der Waals surface area contributed by atoms with Crippen molar-refractivity contribution in [2.45, 2.75) is 11.2 Å². The van der Waals surface area contributed by atoms with Crippen LogP contribution < -0.4 is 0 Å². The second-order valence-corrected chi connectivity index (χ2v) is 4.82. The first-order chi connectivity index (χ1) is 8.04. The largest absolute Gasteiger partial charge is 0.356 e. The third-order valence-corrected chi connectivity index (χ3v) is 3.69. The van der Waals surface area contributed by atoms with Gasteiger partial charge in [-0.25, -0.2) is 8.42 Å². The molecule has 0 saturated carbocycles. The highest BCUT2D eigenvalue weighted by atomic mass is 32.2. The number of nitroso groups, excluding NO2 is 2. The zero-order valence-electron chi connectivity index (χ0n) is 8.50. The van der Waals surface area contributed by atoms with E-state index < -0.39 is 23.0 Å². The Labute approximate surface area is 96.9 Å². The third-order valence-electron chi connectivity index (χ3n) is 1.90. The van der Waals surface area contributed by atoms with Gasteiger partial charge in [0.25, 0.3) is 6.35 Å². The molecule has 0 aliphatic rings. The summed E-state index contributed by atoms with van der Waals surface area (Å²) in [5.41, 5.74) is 0. The Bertz CT molecular complexity index is 489. The Balaban J connectivity index is 3.17. The van der Waals surface area contributed by atoms with E-state index in [9.17, 15) is 18.2 Å². The Kier molecular flexibility index (Phi) is 4.37. The second kappa shape index (κ2) is 5.57. The number of hydrogen-bond acceptors (Lipinski definition) is 7. The van der Waals surface area contributed by atoms with Gasteiger partial charge in [0, 0.05) is 0 Å². The highest BCUT2D eigenvalue weighted by molar-refractivity contribution is 7.89. The summed E-state index contributed by atoms with van der Waals surface area (Å²) < 4.78 is 24.0. The van der Waals surface area contributed by atoms with E-state index in [4.69, 9.17) is 5.11 Å². The van der Waals surface area contributed by atoms with Crippen molar-refractivity contribution in [1.29, 1.82) is 0 Å². The number of sulfonamides is 1. The van der Waals surface area contributed by atoms with Crippen molar-refractivity contribution in [3.63, 3.8) is 0 Å². The molecule has 8 nitrogen and oxygen atoms in total. The fraction of sp³-hybridized carbons (Fsp3) is 0.250. The summed E-state index contributed by atoms with van der Waals surface area (Å²) in [5.74, 6) is 0. The molecule has 0 aromatic heterocycles. The van der Waals surface area contributed by atoms with Crippen LogP contribution in [0.2, 0.25) is 0 Å². The molecule has 0 heterocycles. The van der Waals surface area contributed by atoms with Crippen molar-refractivity contribution in [3.8, 4) is 0 Å². The van der Waals surface area contributed by atoms with Gasteiger partial charge < -0.3 is 5.11 Å². The first kappa shape index (κ1) is 13.4. The molecule has 0 bridgehead atoms. The molecular weight excluding hydrogens is 250 g/mol. The minimum atomic E-state index is -4.18. The number of aliphatic hydroxyl groups excluding tert-OH is 1. The lowest BCUT2D eigenvalue weighted by atomic mass is 10.4. The maximum absolute atomic E-state index is 11.9. The second-order valence-electron chi connectivity index (χ2n) is 2.93. The van der Waals surface area contributed by atoms with Gasteiger partial charge in [-0.2, -0.15) is 0 Å². The standard InChI is InChI=1S/C8H9N3O5S/c12-8(10-14)11(6-9-13)17(15,16)7-4-2-1-3-5-7/h1-5,8,12H,6H2. The van der Waals surface area contributed by atoms with E-state index in [0.29, 0.717) is 0 Å². The molecule has 1 unspecified atom stereocenters.